The predicted octanol–water partition coefficient (Wildman–Crippen LogP) is 9.65. The Bertz CT molecular complexity index is 2170. The van der Waals surface area contributed by atoms with Crippen LogP contribution >= 0.6 is 23.5 Å². The Kier molecular flexibility index (Phi) is 8.95. The van der Waals surface area contributed by atoms with Crippen molar-refractivity contribution in [2.45, 2.75) is 19.6 Å². The number of fused-ring (bicyclic) bond motifs is 2. The van der Waals surface area contributed by atoms with Gasteiger partial charge in [0.05, 0.1) is 33.6 Å². The predicted molar refractivity (Wildman–Crippen MR) is 194 cm³/mol. The number of hydrogen-bond acceptors (Lipinski definition) is 8. The van der Waals surface area contributed by atoms with Gasteiger partial charge in [-0.15, -0.1) is 0 Å². The number of anilines is 4. The first-order valence-electron chi connectivity index (χ1n) is 15.4. The van der Waals surface area contributed by atoms with Gasteiger partial charge in [-0.3, -0.25) is 9.59 Å². The summed E-state index contributed by atoms with van der Waals surface area (Å²) in [5.74, 6) is -3.11. The molecule has 1 aliphatic carbocycles. The molecule has 0 atom stereocenters. The van der Waals surface area contributed by atoms with Crippen LogP contribution in [0.4, 0.5) is 22.7 Å². The minimum absolute atomic E-state index is 0.0589. The number of nitrogens with one attached hydrogen (secondary N) is 2. The molecule has 10 heteroatoms. The van der Waals surface area contributed by atoms with Crippen LogP contribution in [0.5, 0.6) is 0 Å². The average Bonchev–Trinajstić information content (AvgIpc) is 3.12. The number of carboxylic acid groups (broad SMARTS) is 2. The highest BCUT2D eigenvalue weighted by molar-refractivity contribution is 7.99. The Morgan fingerprint density at radius 1 is 0.420 bits per heavy atom. The van der Waals surface area contributed by atoms with Crippen LogP contribution in [0.3, 0.4) is 0 Å². The van der Waals surface area contributed by atoms with Crippen LogP contribution in [0.25, 0.3) is 0 Å². The first-order chi connectivity index (χ1) is 24.3. The fourth-order valence-corrected chi connectivity index (χ4v) is 7.94. The van der Waals surface area contributed by atoms with Crippen molar-refractivity contribution < 1.29 is 29.4 Å². The number of carboxylic acids is 2. The number of para-hydroxylation sites is 2. The highest BCUT2D eigenvalue weighted by Gasteiger charge is 2.38. The largest absolute Gasteiger partial charge is 0.478 e. The van der Waals surface area contributed by atoms with Gasteiger partial charge in [-0.1, -0.05) is 84.2 Å². The minimum atomic E-state index is -1.12. The van der Waals surface area contributed by atoms with Gasteiger partial charge in [0.2, 0.25) is 0 Å². The summed E-state index contributed by atoms with van der Waals surface area (Å²) in [5, 5.41) is 26.4. The number of aromatic carboxylic acids is 2. The van der Waals surface area contributed by atoms with Gasteiger partial charge in [-0.25, -0.2) is 9.59 Å². The Balaban J connectivity index is 1.46. The van der Waals surface area contributed by atoms with Crippen molar-refractivity contribution >= 4 is 69.8 Å². The highest BCUT2D eigenvalue weighted by atomic mass is 32.2. The fourth-order valence-electron chi connectivity index (χ4n) is 5.77. The van der Waals surface area contributed by atoms with E-state index in [4.69, 9.17) is 0 Å². The van der Waals surface area contributed by atoms with Gasteiger partial charge in [0.25, 0.3) is 0 Å². The van der Waals surface area contributed by atoms with E-state index in [2.05, 4.69) is 10.6 Å². The number of carbonyl (C=O) groups is 4. The third kappa shape index (κ3) is 6.25. The van der Waals surface area contributed by atoms with E-state index < -0.39 is 23.5 Å². The topological polar surface area (TPSA) is 133 Å². The lowest BCUT2D eigenvalue weighted by atomic mass is 9.82. The smallest absolute Gasteiger partial charge is 0.336 e. The molecule has 244 valence electrons. The zero-order valence-corrected chi connectivity index (χ0v) is 27.7. The van der Waals surface area contributed by atoms with E-state index in [-0.39, 0.29) is 33.4 Å². The number of benzene rings is 6. The maximum absolute atomic E-state index is 15.1. The summed E-state index contributed by atoms with van der Waals surface area (Å²) in [6.07, 6.45) is 0. The van der Waals surface area contributed by atoms with E-state index in [1.54, 1.807) is 60.7 Å². The molecular weight excluding hydrogens is 669 g/mol. The van der Waals surface area contributed by atoms with Crippen molar-refractivity contribution in [3.63, 3.8) is 0 Å². The van der Waals surface area contributed by atoms with Crippen LogP contribution in [-0.2, 0) is 0 Å². The van der Waals surface area contributed by atoms with Gasteiger partial charge in [0.1, 0.15) is 0 Å². The summed E-state index contributed by atoms with van der Waals surface area (Å²) < 4.78 is 0. The maximum Gasteiger partial charge on any atom is 0.336 e. The maximum atomic E-state index is 15.1. The first kappa shape index (κ1) is 32.4. The molecule has 0 saturated heterocycles. The van der Waals surface area contributed by atoms with E-state index in [0.29, 0.717) is 42.3 Å². The molecular formula is C40H26N2O6S2. The Labute approximate surface area is 295 Å². The lowest BCUT2D eigenvalue weighted by molar-refractivity contribution is 0.0682. The van der Waals surface area contributed by atoms with E-state index in [0.717, 1.165) is 23.5 Å². The van der Waals surface area contributed by atoms with E-state index in [9.17, 15) is 24.6 Å². The summed E-state index contributed by atoms with van der Waals surface area (Å²) in [4.78, 5) is 55.9. The van der Waals surface area contributed by atoms with E-state index in [1.807, 2.05) is 60.7 Å². The fraction of sp³-hybridized carbons (Fsp3) is 0. The SMILES string of the molecule is O=C(O)c1ccccc1Sc1ccc(Nc2ccccc2)c2c1C(=O)c1c(Sc3ccccc3C(=O)O)ccc(Nc3ccccc3)c1C2=O. The van der Waals surface area contributed by atoms with E-state index in [1.165, 1.54) is 12.1 Å². The molecule has 50 heavy (non-hydrogen) atoms. The molecule has 0 aliphatic heterocycles. The van der Waals surface area contributed by atoms with Crippen molar-refractivity contribution in [1.82, 2.24) is 0 Å². The van der Waals surface area contributed by atoms with Crippen LogP contribution in [0.15, 0.2) is 153 Å². The summed E-state index contributed by atoms with van der Waals surface area (Å²) in [6.45, 7) is 0. The van der Waals surface area contributed by atoms with Gasteiger partial charge in [0, 0.05) is 42.1 Å². The van der Waals surface area contributed by atoms with Crippen LogP contribution in [0.2, 0.25) is 0 Å². The molecule has 6 aromatic rings. The molecule has 0 bridgehead atoms. The third-order valence-corrected chi connectivity index (χ3v) is 10.3. The molecule has 0 unspecified atom stereocenters. The molecule has 0 amide bonds. The normalized spacial score (nSPS) is 11.8. The van der Waals surface area contributed by atoms with Crippen molar-refractivity contribution in [3.8, 4) is 0 Å². The molecule has 4 N–H and O–H groups in total. The Hall–Kier alpha value is -6.10. The summed E-state index contributed by atoms with van der Waals surface area (Å²) in [5.41, 5.74) is 2.88. The standard InChI is InChI=1S/C40H26N2O6S2/c43-37-33-27(41-23-11-3-1-4-12-23)19-21-31(49-29-17-9-7-15-25(29)39(45)46)35(33)38(44)36-32(50-30-18-10-8-16-26(30)40(47)48)22-20-28(34(36)37)42-24-13-5-2-6-14-24/h1-22,41-42H,(H,45,46)(H,47,48). The molecule has 0 saturated carbocycles. The zero-order valence-electron chi connectivity index (χ0n) is 26.0. The molecule has 6 aromatic carbocycles. The molecule has 0 fully saturated rings. The minimum Gasteiger partial charge on any atom is -0.478 e. The quantitative estimate of drug-likeness (QED) is 0.110. The van der Waals surface area contributed by atoms with Crippen molar-refractivity contribution in [2.75, 3.05) is 10.6 Å². The highest BCUT2D eigenvalue weighted by Crippen LogP contribution is 2.47. The van der Waals surface area contributed by atoms with Gasteiger partial charge >= 0.3 is 11.9 Å². The summed E-state index contributed by atoms with van der Waals surface area (Å²) in [7, 11) is 0. The van der Waals surface area contributed by atoms with Crippen LogP contribution in [-0.4, -0.2) is 33.7 Å². The molecule has 0 radical (unpaired) electrons. The second kappa shape index (κ2) is 13.8. The average molecular weight is 695 g/mol. The number of ketones is 2. The molecule has 0 heterocycles. The lowest BCUT2D eigenvalue weighted by Gasteiger charge is -2.27. The Morgan fingerprint density at radius 3 is 1.18 bits per heavy atom. The first-order valence-corrected chi connectivity index (χ1v) is 17.0. The van der Waals surface area contributed by atoms with Crippen molar-refractivity contribution in [2.24, 2.45) is 0 Å². The second-order valence-corrected chi connectivity index (χ2v) is 13.3. The zero-order chi connectivity index (χ0) is 34.8. The lowest BCUT2D eigenvalue weighted by Crippen LogP contribution is -2.25. The van der Waals surface area contributed by atoms with Gasteiger partial charge in [-0.05, 0) is 72.8 Å². The monoisotopic (exact) mass is 694 g/mol. The van der Waals surface area contributed by atoms with E-state index >= 15 is 4.79 Å². The number of carbonyl (C=O) groups excluding carboxylic acids is 2. The molecule has 8 nitrogen and oxygen atoms in total. The number of rotatable bonds is 10. The molecule has 0 spiro atoms. The summed E-state index contributed by atoms with van der Waals surface area (Å²) in [6, 6.07) is 38.4. The molecule has 7 rings (SSSR count). The summed E-state index contributed by atoms with van der Waals surface area (Å²) >= 11 is 2.19. The van der Waals surface area contributed by atoms with Gasteiger partial charge in [0.15, 0.2) is 11.6 Å². The van der Waals surface area contributed by atoms with Crippen LogP contribution in [0.1, 0.15) is 52.6 Å². The number of hydrogen-bond donors (Lipinski definition) is 4. The Morgan fingerprint density at radius 2 is 0.780 bits per heavy atom. The second-order valence-electron chi connectivity index (χ2n) is 11.2. The van der Waals surface area contributed by atoms with Crippen molar-refractivity contribution in [3.05, 3.63) is 167 Å². The van der Waals surface area contributed by atoms with Gasteiger partial charge < -0.3 is 20.8 Å². The van der Waals surface area contributed by atoms with Crippen LogP contribution < -0.4 is 10.6 Å². The molecule has 0 aromatic heterocycles. The van der Waals surface area contributed by atoms with Crippen LogP contribution in [0, 0.1) is 0 Å². The molecule has 1 aliphatic rings. The van der Waals surface area contributed by atoms with Gasteiger partial charge in [-0.2, -0.15) is 0 Å². The third-order valence-electron chi connectivity index (χ3n) is 8.02. The van der Waals surface area contributed by atoms with Crippen molar-refractivity contribution in [1.29, 1.82) is 0 Å².